The molecule has 3 aromatic rings. The molecule has 3 aromatic carbocycles. The highest BCUT2D eigenvalue weighted by Gasteiger charge is 2.16. The van der Waals surface area contributed by atoms with E-state index in [0.717, 1.165) is 11.8 Å². The highest BCUT2D eigenvalue weighted by atomic mass is 32.2. The molecule has 0 spiro atoms. The zero-order chi connectivity index (χ0) is 22.8. The average Bonchev–Trinajstić information content (AvgIpc) is 2.67. The van der Waals surface area contributed by atoms with Crippen molar-refractivity contribution in [2.45, 2.75) is 16.7 Å². The van der Waals surface area contributed by atoms with Crippen LogP contribution in [0.3, 0.4) is 0 Å². The minimum Gasteiger partial charge on any atom is -0.456 e. The fourth-order valence-corrected chi connectivity index (χ4v) is 3.79. The van der Waals surface area contributed by atoms with Crippen molar-refractivity contribution in [3.8, 4) is 29.1 Å². The van der Waals surface area contributed by atoms with Crippen molar-refractivity contribution < 1.29 is 30.9 Å². The number of ether oxygens (including phenoxy) is 2. The van der Waals surface area contributed by atoms with Crippen molar-refractivity contribution in [1.82, 2.24) is 0 Å². The largest absolute Gasteiger partial charge is 0.456 e. The Morgan fingerprint density at radius 3 is 1.58 bits per heavy atom. The third kappa shape index (κ3) is 5.40. The highest BCUT2D eigenvalue weighted by molar-refractivity contribution is 7.90. The Hall–Kier alpha value is -3.39. The van der Waals surface area contributed by atoms with Crippen LogP contribution in [-0.4, -0.2) is 27.6 Å². The van der Waals surface area contributed by atoms with Crippen LogP contribution in [0.2, 0.25) is 0 Å². The Labute approximate surface area is 180 Å². The Morgan fingerprint density at radius 1 is 0.806 bits per heavy atom. The van der Waals surface area contributed by atoms with Crippen molar-refractivity contribution in [3.05, 3.63) is 71.8 Å². The van der Waals surface area contributed by atoms with Gasteiger partial charge in [0.2, 0.25) is 0 Å². The van der Waals surface area contributed by atoms with Gasteiger partial charge in [-0.3, -0.25) is 4.55 Å². The third-order valence-electron chi connectivity index (χ3n) is 4.15. The molecule has 0 saturated heterocycles. The minimum atomic E-state index is -4.33. The van der Waals surface area contributed by atoms with Crippen molar-refractivity contribution in [1.29, 1.82) is 5.26 Å². The van der Waals surface area contributed by atoms with E-state index in [1.165, 1.54) is 48.5 Å². The van der Waals surface area contributed by atoms with Crippen molar-refractivity contribution >= 4 is 20.0 Å². The standard InChI is InChI=1S/C21H17NO7S2/c1-14-11-20(28-15-3-7-17(8-4-15)30(2,23)24)19(13-22)21(12-14)29-16-5-9-18(10-6-16)31(25,26)27/h3-12H,1-2H3,(H,25,26,27). The summed E-state index contributed by atoms with van der Waals surface area (Å²) in [6.45, 7) is 1.77. The van der Waals surface area contributed by atoms with E-state index < -0.39 is 20.0 Å². The molecule has 0 fully saturated rings. The van der Waals surface area contributed by atoms with Crippen LogP contribution in [0.1, 0.15) is 11.1 Å². The lowest BCUT2D eigenvalue weighted by Crippen LogP contribution is -1.98. The predicted molar refractivity (Wildman–Crippen MR) is 112 cm³/mol. The SMILES string of the molecule is Cc1cc(Oc2ccc(S(C)(=O)=O)cc2)c(C#N)c(Oc2ccc(S(=O)(=O)O)cc2)c1. The molecule has 0 radical (unpaired) electrons. The van der Waals surface area contributed by atoms with Crippen LogP contribution < -0.4 is 9.47 Å². The quantitative estimate of drug-likeness (QED) is 0.545. The summed E-state index contributed by atoms with van der Waals surface area (Å²) in [7, 11) is -7.68. The van der Waals surface area contributed by atoms with Gasteiger partial charge in [0.1, 0.15) is 34.6 Å². The number of rotatable bonds is 6. The van der Waals surface area contributed by atoms with Gasteiger partial charge in [-0.1, -0.05) is 0 Å². The van der Waals surface area contributed by atoms with E-state index in [-0.39, 0.29) is 32.6 Å². The summed E-state index contributed by atoms with van der Waals surface area (Å²) in [6, 6.07) is 16.1. The number of hydrogen-bond acceptors (Lipinski definition) is 7. The summed E-state index contributed by atoms with van der Waals surface area (Å²) in [5, 5.41) is 9.65. The Bertz CT molecular complexity index is 1270. The zero-order valence-electron chi connectivity index (χ0n) is 16.4. The van der Waals surface area contributed by atoms with Gasteiger partial charge < -0.3 is 9.47 Å². The molecule has 0 aliphatic carbocycles. The normalized spacial score (nSPS) is 11.5. The molecule has 31 heavy (non-hydrogen) atoms. The van der Waals surface area contributed by atoms with E-state index in [2.05, 4.69) is 0 Å². The lowest BCUT2D eigenvalue weighted by Gasteiger charge is -2.14. The molecule has 0 amide bonds. The molecule has 1 N–H and O–H groups in total. The van der Waals surface area contributed by atoms with Crippen LogP contribution in [0.5, 0.6) is 23.0 Å². The second-order valence-corrected chi connectivity index (χ2v) is 10.1. The maximum Gasteiger partial charge on any atom is 0.294 e. The van der Waals surface area contributed by atoms with E-state index >= 15 is 0 Å². The molecule has 0 aliphatic heterocycles. The van der Waals surface area contributed by atoms with Gasteiger partial charge in [0.05, 0.1) is 9.79 Å². The summed E-state index contributed by atoms with van der Waals surface area (Å²) >= 11 is 0. The lowest BCUT2D eigenvalue weighted by atomic mass is 10.1. The van der Waals surface area contributed by atoms with Crippen molar-refractivity contribution in [2.24, 2.45) is 0 Å². The molecule has 0 bridgehead atoms. The minimum absolute atomic E-state index is 0.0941. The second-order valence-electron chi connectivity index (χ2n) is 6.64. The van der Waals surface area contributed by atoms with Crippen LogP contribution >= 0.6 is 0 Å². The topological polar surface area (TPSA) is 131 Å². The van der Waals surface area contributed by atoms with Gasteiger partial charge in [-0.25, -0.2) is 8.42 Å². The molecule has 0 heterocycles. The summed E-state index contributed by atoms with van der Waals surface area (Å²) in [5.41, 5.74) is 0.822. The molecule has 0 unspecified atom stereocenters. The Kier molecular flexibility index (Phi) is 6.03. The van der Waals surface area contributed by atoms with Gasteiger partial charge in [0, 0.05) is 6.26 Å². The van der Waals surface area contributed by atoms with Crippen LogP contribution in [-0.2, 0) is 20.0 Å². The third-order valence-corrected chi connectivity index (χ3v) is 6.15. The van der Waals surface area contributed by atoms with E-state index in [1.54, 1.807) is 19.1 Å². The van der Waals surface area contributed by atoms with Crippen molar-refractivity contribution in [3.63, 3.8) is 0 Å². The van der Waals surface area contributed by atoms with Gasteiger partial charge in [-0.15, -0.1) is 0 Å². The first-order valence-electron chi connectivity index (χ1n) is 8.75. The van der Waals surface area contributed by atoms with Gasteiger partial charge in [-0.2, -0.15) is 13.7 Å². The monoisotopic (exact) mass is 459 g/mol. The summed E-state index contributed by atoms with van der Waals surface area (Å²) in [5.74, 6) is 0.972. The Balaban J connectivity index is 1.93. The zero-order valence-corrected chi connectivity index (χ0v) is 18.1. The average molecular weight is 460 g/mol. The lowest BCUT2D eigenvalue weighted by molar-refractivity contribution is 0.456. The first-order chi connectivity index (χ1) is 14.5. The van der Waals surface area contributed by atoms with Gasteiger partial charge in [0.15, 0.2) is 9.84 Å². The first-order valence-corrected chi connectivity index (χ1v) is 12.1. The van der Waals surface area contributed by atoms with E-state index in [1.807, 2.05) is 6.07 Å². The molecule has 0 saturated carbocycles. The van der Waals surface area contributed by atoms with Crippen LogP contribution in [0.15, 0.2) is 70.5 Å². The second kappa shape index (κ2) is 8.39. The van der Waals surface area contributed by atoms with Gasteiger partial charge >= 0.3 is 0 Å². The fourth-order valence-electron chi connectivity index (χ4n) is 2.68. The molecule has 0 aromatic heterocycles. The molecule has 8 nitrogen and oxygen atoms in total. The summed E-state index contributed by atoms with van der Waals surface area (Å²) < 4.78 is 66.1. The summed E-state index contributed by atoms with van der Waals surface area (Å²) in [4.78, 5) is -0.145. The van der Waals surface area contributed by atoms with E-state index in [4.69, 9.17) is 14.0 Å². The maximum absolute atomic E-state index is 11.6. The number of nitrogens with zero attached hydrogens (tertiary/aromatic N) is 1. The molecular formula is C21H17NO7S2. The molecule has 0 aliphatic rings. The van der Waals surface area contributed by atoms with E-state index in [0.29, 0.717) is 5.75 Å². The fraction of sp³-hybridized carbons (Fsp3) is 0.0952. The number of sulfone groups is 1. The molecule has 160 valence electrons. The molecule has 10 heteroatoms. The van der Waals surface area contributed by atoms with Crippen LogP contribution in [0, 0.1) is 18.3 Å². The van der Waals surface area contributed by atoms with E-state index in [9.17, 15) is 22.1 Å². The maximum atomic E-state index is 11.6. The van der Waals surface area contributed by atoms with Crippen LogP contribution in [0.25, 0.3) is 0 Å². The van der Waals surface area contributed by atoms with Crippen molar-refractivity contribution in [2.75, 3.05) is 6.26 Å². The predicted octanol–water partition coefficient (Wildman–Crippen LogP) is 4.10. The summed E-state index contributed by atoms with van der Waals surface area (Å²) in [6.07, 6.45) is 1.10. The Morgan fingerprint density at radius 2 is 1.23 bits per heavy atom. The first kappa shape index (κ1) is 22.3. The smallest absolute Gasteiger partial charge is 0.294 e. The number of hydrogen-bond donors (Lipinski definition) is 1. The molecule has 3 rings (SSSR count). The number of nitriles is 1. The van der Waals surface area contributed by atoms with Gasteiger partial charge in [-0.05, 0) is 73.2 Å². The number of aryl methyl sites for hydroxylation is 1. The molecule has 0 atom stereocenters. The van der Waals surface area contributed by atoms with Gasteiger partial charge in [0.25, 0.3) is 10.1 Å². The number of benzene rings is 3. The highest BCUT2D eigenvalue weighted by Crippen LogP contribution is 2.36. The molecular weight excluding hydrogens is 442 g/mol. The van der Waals surface area contributed by atoms with Crippen LogP contribution in [0.4, 0.5) is 0 Å².